The molecule has 0 spiro atoms. The molecule has 37 heavy (non-hydrogen) atoms. The Morgan fingerprint density at radius 3 is 1.03 bits per heavy atom. The van der Waals surface area contributed by atoms with E-state index < -0.39 is 0 Å². The second-order valence-electron chi connectivity index (χ2n) is 10.5. The number of hydrogen-bond acceptors (Lipinski definition) is 2. The summed E-state index contributed by atoms with van der Waals surface area (Å²) in [5.41, 5.74) is 2.40. The summed E-state index contributed by atoms with van der Waals surface area (Å²) in [4.78, 5) is 0. The van der Waals surface area contributed by atoms with E-state index in [0.717, 1.165) is 12.8 Å². The van der Waals surface area contributed by atoms with Crippen molar-refractivity contribution in [2.24, 2.45) is 0 Å². The fraction of sp³-hybridized carbons (Fsp3) is 0.647. The van der Waals surface area contributed by atoms with Crippen molar-refractivity contribution in [3.63, 3.8) is 0 Å². The maximum atomic E-state index is 11.2. The van der Waals surface area contributed by atoms with E-state index in [4.69, 9.17) is 0 Å². The van der Waals surface area contributed by atoms with E-state index in [1.54, 1.807) is 24.3 Å². The van der Waals surface area contributed by atoms with Gasteiger partial charge in [-0.15, -0.1) is 11.5 Å². The molecule has 0 heterocycles. The first-order chi connectivity index (χ1) is 17.7. The molecule has 0 unspecified atom stereocenters. The first-order valence-electron chi connectivity index (χ1n) is 15.2. The van der Waals surface area contributed by atoms with Gasteiger partial charge in [0.2, 0.25) is 0 Å². The van der Waals surface area contributed by atoms with Crippen molar-refractivity contribution in [3.05, 3.63) is 59.7 Å². The third-order valence-corrected chi connectivity index (χ3v) is 6.93. The minimum atomic E-state index is 0. The molecule has 0 radical (unpaired) electrons. The molecule has 0 amide bonds. The predicted molar refractivity (Wildman–Crippen MR) is 159 cm³/mol. The molecule has 3 heteroatoms. The molecule has 0 aliphatic carbocycles. The van der Waals surface area contributed by atoms with Gasteiger partial charge in [0.1, 0.15) is 0 Å². The van der Waals surface area contributed by atoms with E-state index >= 15 is 0 Å². The monoisotopic (exact) mass is 534 g/mol. The Morgan fingerprint density at radius 2 is 0.730 bits per heavy atom. The average molecular weight is 535 g/mol. The van der Waals surface area contributed by atoms with Gasteiger partial charge in [0.15, 0.2) is 0 Å². The minimum Gasteiger partial charge on any atom is -0.872 e. The molecule has 0 aromatic heterocycles. The summed E-state index contributed by atoms with van der Waals surface area (Å²) >= 11 is 0. The van der Waals surface area contributed by atoms with Crippen LogP contribution in [0.2, 0.25) is 0 Å². The molecule has 0 saturated heterocycles. The Morgan fingerprint density at radius 1 is 0.432 bits per heavy atom. The zero-order valence-corrected chi connectivity index (χ0v) is 26.5. The Labute approximate surface area is 259 Å². The van der Waals surface area contributed by atoms with Gasteiger partial charge in [0.25, 0.3) is 0 Å². The van der Waals surface area contributed by atoms with Crippen LogP contribution in [0.4, 0.5) is 0 Å². The zero-order chi connectivity index (χ0) is 26.1. The van der Waals surface area contributed by atoms with E-state index in [2.05, 4.69) is 26.0 Å². The summed E-state index contributed by atoms with van der Waals surface area (Å²) in [5, 5.41) is 22.3. The van der Waals surface area contributed by atoms with Crippen molar-refractivity contribution in [1.29, 1.82) is 0 Å². The minimum absolute atomic E-state index is 0. The van der Waals surface area contributed by atoms with Crippen LogP contribution < -0.4 is 10.2 Å². The Kier molecular flexibility index (Phi) is 26.4. The van der Waals surface area contributed by atoms with Gasteiger partial charge in [-0.2, -0.15) is 0 Å². The number of benzene rings is 2. The van der Waals surface area contributed by atoms with Gasteiger partial charge in [0, 0.05) is 0 Å². The maximum absolute atomic E-state index is 11.2. The first kappa shape index (κ1) is 36.3. The van der Waals surface area contributed by atoms with E-state index in [1.165, 1.54) is 127 Å². The molecular weight excluding hydrogens is 480 g/mol. The molecule has 204 valence electrons. The molecule has 2 aromatic carbocycles. The van der Waals surface area contributed by atoms with Crippen LogP contribution in [0.5, 0.6) is 11.5 Å². The summed E-state index contributed by atoms with van der Waals surface area (Å²) < 4.78 is 0. The fourth-order valence-corrected chi connectivity index (χ4v) is 4.68. The van der Waals surface area contributed by atoms with Crippen LogP contribution in [0.3, 0.4) is 0 Å². The smallest absolute Gasteiger partial charge is 0.872 e. The maximum Gasteiger partial charge on any atom is 2.00 e. The van der Waals surface area contributed by atoms with Gasteiger partial charge < -0.3 is 10.2 Å². The number of aryl methyl sites for hydroxylation is 2. The van der Waals surface area contributed by atoms with Gasteiger partial charge in [-0.05, 0) is 36.8 Å². The zero-order valence-electron chi connectivity index (χ0n) is 24.3. The van der Waals surface area contributed by atoms with Crippen LogP contribution in [-0.4, -0.2) is 37.7 Å². The second-order valence-corrected chi connectivity index (χ2v) is 10.5. The number of rotatable bonds is 20. The van der Waals surface area contributed by atoms with Crippen LogP contribution in [0.15, 0.2) is 48.5 Å². The van der Waals surface area contributed by atoms with Crippen molar-refractivity contribution in [3.8, 4) is 11.5 Å². The van der Waals surface area contributed by atoms with Crippen molar-refractivity contribution in [2.75, 3.05) is 0 Å². The Bertz CT molecular complexity index is 683. The van der Waals surface area contributed by atoms with Gasteiger partial charge in [-0.3, -0.25) is 0 Å². The fourth-order valence-electron chi connectivity index (χ4n) is 4.68. The van der Waals surface area contributed by atoms with Crippen LogP contribution in [0.25, 0.3) is 0 Å². The van der Waals surface area contributed by atoms with Crippen molar-refractivity contribution in [1.82, 2.24) is 0 Å². The largest absolute Gasteiger partial charge is 2.00 e. The van der Waals surface area contributed by atoms with Crippen LogP contribution in [0, 0.1) is 0 Å². The molecule has 0 fully saturated rings. The summed E-state index contributed by atoms with van der Waals surface area (Å²) in [7, 11) is 0. The molecule has 0 aliphatic heterocycles. The normalized spacial score (nSPS) is 10.4. The van der Waals surface area contributed by atoms with Crippen LogP contribution >= 0.6 is 0 Å². The SMILES string of the molecule is CCCCCCCCCCCc1cccc([O-])c1.CCCCCCCCCCCc1cccc([O-])c1.[Ca+2]. The van der Waals surface area contributed by atoms with Gasteiger partial charge >= 0.3 is 37.7 Å². The predicted octanol–water partition coefficient (Wildman–Crippen LogP) is 9.29. The molecule has 0 saturated carbocycles. The molecule has 0 atom stereocenters. The van der Waals surface area contributed by atoms with Gasteiger partial charge in [0.05, 0.1) is 0 Å². The molecule has 0 bridgehead atoms. The quantitative estimate of drug-likeness (QED) is 0.125. The number of hydrogen-bond donors (Lipinski definition) is 0. The van der Waals surface area contributed by atoms with Crippen molar-refractivity contribution in [2.45, 2.75) is 142 Å². The molecule has 2 aromatic rings. The van der Waals surface area contributed by atoms with E-state index in [0.29, 0.717) is 0 Å². The molecule has 0 aliphatic rings. The van der Waals surface area contributed by atoms with E-state index in [9.17, 15) is 10.2 Å². The number of unbranched alkanes of at least 4 members (excludes halogenated alkanes) is 16. The first-order valence-corrected chi connectivity index (χ1v) is 15.2. The van der Waals surface area contributed by atoms with E-state index in [-0.39, 0.29) is 49.2 Å². The Hall–Kier alpha value is -0.700. The second kappa shape index (κ2) is 26.9. The third-order valence-electron chi connectivity index (χ3n) is 6.93. The molecule has 0 N–H and O–H groups in total. The molecule has 2 nitrogen and oxygen atoms in total. The van der Waals surface area contributed by atoms with E-state index in [1.807, 2.05) is 12.1 Å². The van der Waals surface area contributed by atoms with Gasteiger partial charge in [-0.25, -0.2) is 0 Å². The molecule has 2 rings (SSSR count). The van der Waals surface area contributed by atoms with Crippen LogP contribution in [-0.2, 0) is 12.8 Å². The Balaban J connectivity index is 0.000000682. The molecular formula is C34H54CaO2. The topological polar surface area (TPSA) is 46.1 Å². The summed E-state index contributed by atoms with van der Waals surface area (Å²) in [6.07, 6.45) is 26.5. The summed E-state index contributed by atoms with van der Waals surface area (Å²) in [6.45, 7) is 4.52. The standard InChI is InChI=1S/2C17H28O.Ca/c2*1-2-3-4-5-6-7-8-9-10-12-16-13-11-14-17(18)15-16;/h2*11,13-15,18H,2-10,12H2,1H3;/q;;+2/p-2. The average Bonchev–Trinajstić information content (AvgIpc) is 2.87. The summed E-state index contributed by atoms with van der Waals surface area (Å²) in [6, 6.07) is 14.6. The van der Waals surface area contributed by atoms with Crippen molar-refractivity contribution >= 4 is 37.7 Å². The summed E-state index contributed by atoms with van der Waals surface area (Å²) in [5.74, 6) is 0.284. The van der Waals surface area contributed by atoms with Crippen molar-refractivity contribution < 1.29 is 10.2 Å². The third kappa shape index (κ3) is 22.9. The van der Waals surface area contributed by atoms with Gasteiger partial charge in [-0.1, -0.05) is 165 Å². The van der Waals surface area contributed by atoms with Crippen LogP contribution in [0.1, 0.15) is 141 Å².